The SMILES string of the molecule is CC[C@H](OC1CCCC1)C(=O)N1CC[C@](C)(C(=O)O)C1. The molecular weight excluding hydrogens is 258 g/mol. The maximum atomic E-state index is 12.5. The smallest absolute Gasteiger partial charge is 0.311 e. The normalized spacial score (nSPS) is 28.8. The Morgan fingerprint density at radius 3 is 2.55 bits per heavy atom. The Morgan fingerprint density at radius 2 is 2.05 bits per heavy atom. The van der Waals surface area contributed by atoms with E-state index in [9.17, 15) is 14.7 Å². The second kappa shape index (κ2) is 6.12. The summed E-state index contributed by atoms with van der Waals surface area (Å²) in [6, 6.07) is 0. The van der Waals surface area contributed by atoms with E-state index < -0.39 is 17.5 Å². The highest BCUT2D eigenvalue weighted by Gasteiger charge is 2.43. The zero-order valence-electron chi connectivity index (χ0n) is 12.4. The molecule has 1 aliphatic carbocycles. The molecule has 0 aromatic heterocycles. The number of carbonyl (C=O) groups excluding carboxylic acids is 1. The van der Waals surface area contributed by atoms with Crippen LogP contribution >= 0.6 is 0 Å². The third kappa shape index (κ3) is 3.14. The van der Waals surface area contributed by atoms with Crippen LogP contribution in [0.15, 0.2) is 0 Å². The van der Waals surface area contributed by atoms with Crippen LogP contribution in [0.2, 0.25) is 0 Å². The Morgan fingerprint density at radius 1 is 1.40 bits per heavy atom. The van der Waals surface area contributed by atoms with Gasteiger partial charge >= 0.3 is 5.97 Å². The molecular formula is C15H25NO4. The maximum Gasteiger partial charge on any atom is 0.311 e. The van der Waals surface area contributed by atoms with E-state index in [0.29, 0.717) is 25.9 Å². The Kier molecular flexibility index (Phi) is 4.68. The van der Waals surface area contributed by atoms with Gasteiger partial charge in [0.25, 0.3) is 5.91 Å². The van der Waals surface area contributed by atoms with Crippen molar-refractivity contribution in [2.75, 3.05) is 13.1 Å². The molecule has 1 saturated heterocycles. The first-order chi connectivity index (χ1) is 9.46. The first-order valence-electron chi connectivity index (χ1n) is 7.64. The van der Waals surface area contributed by atoms with Crippen LogP contribution in [0.25, 0.3) is 0 Å². The van der Waals surface area contributed by atoms with Gasteiger partial charge in [-0.2, -0.15) is 0 Å². The van der Waals surface area contributed by atoms with Crippen molar-refractivity contribution in [3.05, 3.63) is 0 Å². The molecule has 1 saturated carbocycles. The third-order valence-corrected chi connectivity index (χ3v) is 4.61. The molecule has 114 valence electrons. The molecule has 1 N–H and O–H groups in total. The number of carbonyl (C=O) groups is 2. The summed E-state index contributed by atoms with van der Waals surface area (Å²) < 4.78 is 5.92. The number of ether oxygens (including phenoxy) is 1. The van der Waals surface area contributed by atoms with Crippen LogP contribution in [0.1, 0.15) is 52.4 Å². The molecule has 2 fully saturated rings. The standard InChI is InChI=1S/C15H25NO4/c1-3-12(20-11-6-4-5-7-11)13(17)16-9-8-15(2,10-16)14(18)19/h11-12H,3-10H2,1-2H3,(H,18,19)/t12-,15-/m0/s1. The van der Waals surface area contributed by atoms with E-state index in [-0.39, 0.29) is 12.0 Å². The Labute approximate surface area is 120 Å². The number of amides is 1. The highest BCUT2D eigenvalue weighted by molar-refractivity contribution is 5.83. The summed E-state index contributed by atoms with van der Waals surface area (Å²) in [5, 5.41) is 9.23. The van der Waals surface area contributed by atoms with Gasteiger partial charge in [0, 0.05) is 13.1 Å². The first-order valence-corrected chi connectivity index (χ1v) is 7.64. The Bertz CT molecular complexity index is 378. The van der Waals surface area contributed by atoms with E-state index in [0.717, 1.165) is 12.8 Å². The van der Waals surface area contributed by atoms with Gasteiger partial charge in [0.15, 0.2) is 0 Å². The monoisotopic (exact) mass is 283 g/mol. The summed E-state index contributed by atoms with van der Waals surface area (Å²) in [5.41, 5.74) is -0.804. The lowest BCUT2D eigenvalue weighted by molar-refractivity contribution is -0.150. The van der Waals surface area contributed by atoms with Gasteiger partial charge in [-0.3, -0.25) is 9.59 Å². The highest BCUT2D eigenvalue weighted by Crippen LogP contribution is 2.31. The molecule has 1 aliphatic heterocycles. The molecule has 1 heterocycles. The molecule has 0 radical (unpaired) electrons. The predicted octanol–water partition coefficient (Wildman–Crippen LogP) is 2.05. The van der Waals surface area contributed by atoms with Gasteiger partial charge in [-0.1, -0.05) is 19.8 Å². The van der Waals surface area contributed by atoms with Crippen molar-refractivity contribution in [1.29, 1.82) is 0 Å². The fraction of sp³-hybridized carbons (Fsp3) is 0.867. The van der Waals surface area contributed by atoms with E-state index in [1.54, 1.807) is 11.8 Å². The topological polar surface area (TPSA) is 66.8 Å². The number of likely N-dealkylation sites (tertiary alicyclic amines) is 1. The van der Waals surface area contributed by atoms with Crippen LogP contribution in [-0.4, -0.2) is 47.2 Å². The number of rotatable bonds is 5. The van der Waals surface area contributed by atoms with Crippen molar-refractivity contribution < 1.29 is 19.4 Å². The summed E-state index contributed by atoms with van der Waals surface area (Å²) >= 11 is 0. The van der Waals surface area contributed by atoms with Crippen LogP contribution in [-0.2, 0) is 14.3 Å². The van der Waals surface area contributed by atoms with Crippen LogP contribution in [0, 0.1) is 5.41 Å². The summed E-state index contributed by atoms with van der Waals surface area (Å²) in [6.45, 7) is 4.48. The van der Waals surface area contributed by atoms with E-state index in [1.807, 2.05) is 6.92 Å². The number of nitrogens with zero attached hydrogens (tertiary/aromatic N) is 1. The van der Waals surface area contributed by atoms with E-state index in [1.165, 1.54) is 12.8 Å². The molecule has 2 rings (SSSR count). The Hall–Kier alpha value is -1.10. The van der Waals surface area contributed by atoms with Crippen molar-refractivity contribution in [2.24, 2.45) is 5.41 Å². The molecule has 1 amide bonds. The molecule has 2 atom stereocenters. The molecule has 2 aliphatic rings. The zero-order chi connectivity index (χ0) is 14.8. The molecule has 0 aromatic carbocycles. The van der Waals surface area contributed by atoms with Crippen molar-refractivity contribution >= 4 is 11.9 Å². The fourth-order valence-electron chi connectivity index (χ4n) is 3.11. The minimum atomic E-state index is -0.822. The lowest BCUT2D eigenvalue weighted by Crippen LogP contribution is -2.42. The minimum Gasteiger partial charge on any atom is -0.481 e. The van der Waals surface area contributed by atoms with Gasteiger partial charge in [-0.05, 0) is 32.6 Å². The van der Waals surface area contributed by atoms with E-state index >= 15 is 0 Å². The minimum absolute atomic E-state index is 0.0376. The molecule has 20 heavy (non-hydrogen) atoms. The van der Waals surface area contributed by atoms with Gasteiger partial charge in [0.05, 0.1) is 11.5 Å². The van der Waals surface area contributed by atoms with Crippen molar-refractivity contribution in [2.45, 2.75) is 64.6 Å². The first kappa shape index (κ1) is 15.3. The fourth-order valence-corrected chi connectivity index (χ4v) is 3.11. The third-order valence-electron chi connectivity index (χ3n) is 4.61. The molecule has 0 spiro atoms. The lowest BCUT2D eigenvalue weighted by atomic mass is 9.90. The van der Waals surface area contributed by atoms with Crippen LogP contribution in [0.4, 0.5) is 0 Å². The molecule has 5 nitrogen and oxygen atoms in total. The highest BCUT2D eigenvalue weighted by atomic mass is 16.5. The quantitative estimate of drug-likeness (QED) is 0.838. The number of aliphatic carboxylic acids is 1. The average Bonchev–Trinajstić information content (AvgIpc) is 3.05. The molecule has 0 unspecified atom stereocenters. The maximum absolute atomic E-state index is 12.5. The van der Waals surface area contributed by atoms with Crippen LogP contribution in [0.5, 0.6) is 0 Å². The van der Waals surface area contributed by atoms with Gasteiger partial charge in [-0.15, -0.1) is 0 Å². The van der Waals surface area contributed by atoms with Gasteiger partial charge < -0.3 is 14.7 Å². The summed E-state index contributed by atoms with van der Waals surface area (Å²) in [4.78, 5) is 25.4. The second-order valence-corrected chi connectivity index (χ2v) is 6.32. The number of carboxylic acids is 1. The van der Waals surface area contributed by atoms with E-state index in [4.69, 9.17) is 4.74 Å². The summed E-state index contributed by atoms with van der Waals surface area (Å²) in [6.07, 6.45) is 5.40. The van der Waals surface area contributed by atoms with Crippen molar-refractivity contribution in [1.82, 2.24) is 4.90 Å². The Balaban J connectivity index is 1.93. The second-order valence-electron chi connectivity index (χ2n) is 6.32. The van der Waals surface area contributed by atoms with Gasteiger partial charge in [0.2, 0.25) is 0 Å². The number of hydrogen-bond donors (Lipinski definition) is 1. The van der Waals surface area contributed by atoms with Crippen molar-refractivity contribution in [3.63, 3.8) is 0 Å². The van der Waals surface area contributed by atoms with Crippen LogP contribution < -0.4 is 0 Å². The van der Waals surface area contributed by atoms with Crippen LogP contribution in [0.3, 0.4) is 0 Å². The largest absolute Gasteiger partial charge is 0.481 e. The van der Waals surface area contributed by atoms with Crippen molar-refractivity contribution in [3.8, 4) is 0 Å². The van der Waals surface area contributed by atoms with Gasteiger partial charge in [-0.25, -0.2) is 0 Å². The molecule has 5 heteroatoms. The zero-order valence-corrected chi connectivity index (χ0v) is 12.4. The lowest BCUT2D eigenvalue weighted by Gasteiger charge is -2.26. The number of hydrogen-bond acceptors (Lipinski definition) is 3. The molecule has 0 aromatic rings. The van der Waals surface area contributed by atoms with Gasteiger partial charge in [0.1, 0.15) is 6.10 Å². The van der Waals surface area contributed by atoms with E-state index in [2.05, 4.69) is 0 Å². The number of carboxylic acid groups (broad SMARTS) is 1. The summed E-state index contributed by atoms with van der Waals surface area (Å²) in [5.74, 6) is -0.859. The summed E-state index contributed by atoms with van der Waals surface area (Å²) in [7, 11) is 0. The molecule has 0 bridgehead atoms. The average molecular weight is 283 g/mol. The predicted molar refractivity (Wildman–Crippen MR) is 74.4 cm³/mol.